The summed E-state index contributed by atoms with van der Waals surface area (Å²) in [6, 6.07) is 9.23. The first kappa shape index (κ1) is 17.8. The van der Waals surface area contributed by atoms with Gasteiger partial charge in [-0.15, -0.1) is 0 Å². The van der Waals surface area contributed by atoms with Gasteiger partial charge in [0.25, 0.3) is 5.69 Å². The topological polar surface area (TPSA) is 98.5 Å². The van der Waals surface area contributed by atoms with Gasteiger partial charge in [-0.25, -0.2) is 9.18 Å². The van der Waals surface area contributed by atoms with Crippen molar-refractivity contribution in [3.63, 3.8) is 0 Å². The molecule has 0 radical (unpaired) electrons. The van der Waals surface area contributed by atoms with E-state index in [-0.39, 0.29) is 16.9 Å². The molecule has 0 aromatic heterocycles. The number of ether oxygens (including phenoxy) is 1. The minimum absolute atomic E-state index is 0.0937. The van der Waals surface area contributed by atoms with Gasteiger partial charge >= 0.3 is 5.97 Å². The Hall–Kier alpha value is -3.55. The van der Waals surface area contributed by atoms with E-state index in [0.29, 0.717) is 5.56 Å². The number of esters is 1. The van der Waals surface area contributed by atoms with Crippen molar-refractivity contribution in [2.75, 3.05) is 12.4 Å². The second-order valence-electron chi connectivity index (χ2n) is 4.86. The molecule has 0 bridgehead atoms. The summed E-state index contributed by atoms with van der Waals surface area (Å²) in [6.45, 7) is 0. The monoisotopic (exact) mass is 344 g/mol. The van der Waals surface area contributed by atoms with Crippen molar-refractivity contribution < 1.29 is 23.6 Å². The largest absolute Gasteiger partial charge is 0.465 e. The molecule has 2 rings (SSSR count). The standard InChI is InChI=1S/C17H13FN2O5/c1-25-17(22)14-10-12(6-7-15(14)18)19-16(21)8-5-11-3-2-4-13(9-11)20(23)24/h2-10H,1H3,(H,19,21)/b8-5+. The molecule has 0 spiro atoms. The van der Waals surface area contributed by atoms with Crippen LogP contribution in [0.3, 0.4) is 0 Å². The number of nitro benzene ring substituents is 1. The van der Waals surface area contributed by atoms with Gasteiger partial charge in [0.2, 0.25) is 5.91 Å². The van der Waals surface area contributed by atoms with Gasteiger partial charge in [-0.1, -0.05) is 12.1 Å². The maximum Gasteiger partial charge on any atom is 0.340 e. The first-order valence-electron chi connectivity index (χ1n) is 7.02. The minimum Gasteiger partial charge on any atom is -0.465 e. The molecule has 0 aliphatic carbocycles. The van der Waals surface area contributed by atoms with E-state index in [4.69, 9.17) is 0 Å². The Morgan fingerprint density at radius 3 is 2.68 bits per heavy atom. The van der Waals surface area contributed by atoms with Crippen LogP contribution in [0.5, 0.6) is 0 Å². The fourth-order valence-corrected chi connectivity index (χ4v) is 1.97. The van der Waals surface area contributed by atoms with E-state index in [0.717, 1.165) is 19.2 Å². The number of halogens is 1. The molecule has 0 aliphatic rings. The molecule has 8 heteroatoms. The van der Waals surface area contributed by atoms with Crippen LogP contribution in [0.4, 0.5) is 15.8 Å². The Morgan fingerprint density at radius 2 is 2.00 bits per heavy atom. The van der Waals surface area contributed by atoms with Gasteiger partial charge in [-0.05, 0) is 29.8 Å². The van der Waals surface area contributed by atoms with E-state index in [1.807, 2.05) is 0 Å². The zero-order valence-corrected chi connectivity index (χ0v) is 13.1. The number of nitro groups is 1. The highest BCUT2D eigenvalue weighted by atomic mass is 19.1. The molecule has 0 aliphatic heterocycles. The fourth-order valence-electron chi connectivity index (χ4n) is 1.97. The van der Waals surface area contributed by atoms with Crippen molar-refractivity contribution in [2.24, 2.45) is 0 Å². The molecule has 0 fully saturated rings. The normalized spacial score (nSPS) is 10.5. The molecule has 1 N–H and O–H groups in total. The SMILES string of the molecule is COC(=O)c1cc(NC(=O)/C=C/c2cccc([N+](=O)[O-])c2)ccc1F. The van der Waals surface area contributed by atoms with E-state index < -0.39 is 22.6 Å². The summed E-state index contributed by atoms with van der Waals surface area (Å²) in [5.74, 6) is -2.17. The van der Waals surface area contributed by atoms with Gasteiger partial charge in [0.1, 0.15) is 5.82 Å². The van der Waals surface area contributed by atoms with Gasteiger partial charge in [0.05, 0.1) is 17.6 Å². The van der Waals surface area contributed by atoms with E-state index in [1.54, 1.807) is 6.07 Å². The third-order valence-corrected chi connectivity index (χ3v) is 3.15. The van der Waals surface area contributed by atoms with Crippen molar-refractivity contribution >= 4 is 29.3 Å². The summed E-state index contributed by atoms with van der Waals surface area (Å²) < 4.78 is 18.0. The lowest BCUT2D eigenvalue weighted by molar-refractivity contribution is -0.384. The summed E-state index contributed by atoms with van der Waals surface area (Å²) in [4.78, 5) is 33.5. The predicted molar refractivity (Wildman–Crippen MR) is 88.5 cm³/mol. The number of carbonyl (C=O) groups is 2. The number of hydrogen-bond donors (Lipinski definition) is 1. The van der Waals surface area contributed by atoms with Crippen LogP contribution in [0.1, 0.15) is 15.9 Å². The van der Waals surface area contributed by atoms with E-state index in [2.05, 4.69) is 10.1 Å². The number of hydrogen-bond acceptors (Lipinski definition) is 5. The molecular weight excluding hydrogens is 331 g/mol. The lowest BCUT2D eigenvalue weighted by Crippen LogP contribution is -2.10. The molecule has 1 amide bonds. The van der Waals surface area contributed by atoms with Crippen molar-refractivity contribution in [1.82, 2.24) is 0 Å². The van der Waals surface area contributed by atoms with Crippen LogP contribution in [0.25, 0.3) is 6.08 Å². The lowest BCUT2D eigenvalue weighted by Gasteiger charge is -2.06. The molecule has 0 saturated carbocycles. The predicted octanol–water partition coefficient (Wildman–Crippen LogP) is 3.17. The Morgan fingerprint density at radius 1 is 1.24 bits per heavy atom. The number of anilines is 1. The number of amides is 1. The minimum atomic E-state index is -0.860. The van der Waals surface area contributed by atoms with Crippen LogP contribution in [0.15, 0.2) is 48.5 Å². The van der Waals surface area contributed by atoms with Gasteiger partial charge in [-0.3, -0.25) is 14.9 Å². The van der Waals surface area contributed by atoms with E-state index in [9.17, 15) is 24.1 Å². The Bertz CT molecular complexity index is 864. The Labute approximate surface area is 141 Å². The van der Waals surface area contributed by atoms with Crippen molar-refractivity contribution in [3.8, 4) is 0 Å². The van der Waals surface area contributed by atoms with Crippen LogP contribution >= 0.6 is 0 Å². The molecule has 2 aromatic carbocycles. The van der Waals surface area contributed by atoms with E-state index >= 15 is 0 Å². The van der Waals surface area contributed by atoms with Crippen LogP contribution in [-0.4, -0.2) is 23.9 Å². The molecule has 0 atom stereocenters. The summed E-state index contributed by atoms with van der Waals surface area (Å²) in [5, 5.41) is 13.2. The average molecular weight is 344 g/mol. The quantitative estimate of drug-likeness (QED) is 0.389. The van der Waals surface area contributed by atoms with Crippen molar-refractivity contribution in [3.05, 3.63) is 75.6 Å². The smallest absolute Gasteiger partial charge is 0.340 e. The average Bonchev–Trinajstić information content (AvgIpc) is 2.61. The molecule has 7 nitrogen and oxygen atoms in total. The highest BCUT2D eigenvalue weighted by Crippen LogP contribution is 2.17. The van der Waals surface area contributed by atoms with Gasteiger partial charge < -0.3 is 10.1 Å². The van der Waals surface area contributed by atoms with Gasteiger partial charge in [-0.2, -0.15) is 0 Å². The third-order valence-electron chi connectivity index (χ3n) is 3.15. The molecule has 0 heterocycles. The van der Waals surface area contributed by atoms with Crippen LogP contribution in [-0.2, 0) is 9.53 Å². The summed E-state index contributed by atoms with van der Waals surface area (Å²) in [6.07, 6.45) is 2.56. The molecule has 0 unspecified atom stereocenters. The van der Waals surface area contributed by atoms with Crippen LogP contribution < -0.4 is 5.32 Å². The first-order chi connectivity index (χ1) is 11.9. The number of non-ortho nitro benzene ring substituents is 1. The third kappa shape index (κ3) is 4.71. The van der Waals surface area contributed by atoms with E-state index in [1.165, 1.54) is 36.4 Å². The number of carbonyl (C=O) groups excluding carboxylic acids is 2. The molecule has 25 heavy (non-hydrogen) atoms. The first-order valence-corrected chi connectivity index (χ1v) is 7.02. The lowest BCUT2D eigenvalue weighted by atomic mass is 10.1. The molecule has 2 aromatic rings. The maximum atomic E-state index is 13.5. The Kier molecular flexibility index (Phi) is 5.57. The molecular formula is C17H13FN2O5. The zero-order valence-electron chi connectivity index (χ0n) is 13.1. The second kappa shape index (κ2) is 7.82. The number of nitrogens with one attached hydrogen (secondary N) is 1. The highest BCUT2D eigenvalue weighted by Gasteiger charge is 2.13. The number of nitrogens with zero attached hydrogens (tertiary/aromatic N) is 1. The van der Waals surface area contributed by atoms with Crippen molar-refractivity contribution in [1.29, 1.82) is 0 Å². The van der Waals surface area contributed by atoms with Crippen LogP contribution in [0, 0.1) is 15.9 Å². The number of rotatable bonds is 5. The molecule has 128 valence electrons. The Balaban J connectivity index is 2.11. The van der Waals surface area contributed by atoms with Gasteiger partial charge in [0.15, 0.2) is 0 Å². The number of benzene rings is 2. The van der Waals surface area contributed by atoms with Gasteiger partial charge in [0, 0.05) is 23.9 Å². The van der Waals surface area contributed by atoms with Crippen molar-refractivity contribution in [2.45, 2.75) is 0 Å². The second-order valence-corrected chi connectivity index (χ2v) is 4.86. The molecule has 0 saturated heterocycles. The summed E-state index contributed by atoms with van der Waals surface area (Å²) in [5.41, 5.74) is 0.279. The summed E-state index contributed by atoms with van der Waals surface area (Å²) >= 11 is 0. The maximum absolute atomic E-state index is 13.5. The zero-order chi connectivity index (χ0) is 18.4. The van der Waals surface area contributed by atoms with Crippen LogP contribution in [0.2, 0.25) is 0 Å². The fraction of sp³-hybridized carbons (Fsp3) is 0.0588. The summed E-state index contributed by atoms with van der Waals surface area (Å²) in [7, 11) is 1.12. The number of methoxy groups -OCH3 is 1. The highest BCUT2D eigenvalue weighted by molar-refractivity contribution is 6.02.